The van der Waals surface area contributed by atoms with Gasteiger partial charge in [0.2, 0.25) is 5.91 Å². The fraction of sp³-hybridized carbons (Fsp3) is 0.364. The van der Waals surface area contributed by atoms with Crippen molar-refractivity contribution in [3.8, 4) is 11.1 Å². The third kappa shape index (κ3) is 3.21. The van der Waals surface area contributed by atoms with Gasteiger partial charge in [0.25, 0.3) is 0 Å². The fourth-order valence-electron chi connectivity index (χ4n) is 4.22. The second-order valence-corrected chi connectivity index (χ2v) is 7.81. The second-order valence-electron chi connectivity index (χ2n) is 7.81. The van der Waals surface area contributed by atoms with Crippen molar-refractivity contribution < 1.29 is 14.3 Å². The number of nitrogens with zero attached hydrogens (tertiary/aromatic N) is 3. The van der Waals surface area contributed by atoms with Gasteiger partial charge in [0.05, 0.1) is 17.8 Å². The third-order valence-corrected chi connectivity index (χ3v) is 5.88. The normalized spacial score (nSPS) is 17.1. The number of aromatic nitrogens is 3. The average Bonchev–Trinajstić information content (AvgIpc) is 3.29. The van der Waals surface area contributed by atoms with Crippen molar-refractivity contribution in [2.24, 2.45) is 5.92 Å². The zero-order valence-electron chi connectivity index (χ0n) is 16.3. The van der Waals surface area contributed by atoms with E-state index in [9.17, 15) is 9.59 Å². The van der Waals surface area contributed by atoms with Crippen molar-refractivity contribution in [1.29, 1.82) is 0 Å². The highest BCUT2D eigenvalue weighted by Crippen LogP contribution is 2.34. The maximum absolute atomic E-state index is 12.6. The van der Waals surface area contributed by atoms with E-state index in [1.165, 1.54) is 0 Å². The summed E-state index contributed by atoms with van der Waals surface area (Å²) in [7, 11) is 0. The summed E-state index contributed by atoms with van der Waals surface area (Å²) in [6.45, 7) is 3.79. The molecule has 1 amide bonds. The molecular weight excluding hydrogens is 368 g/mol. The number of nitrogens with one attached hydrogen (secondary N) is 1. The molecule has 29 heavy (non-hydrogen) atoms. The van der Waals surface area contributed by atoms with E-state index in [0.29, 0.717) is 30.1 Å². The highest BCUT2D eigenvalue weighted by atomic mass is 16.5. The number of anilines is 1. The van der Waals surface area contributed by atoms with Crippen molar-refractivity contribution in [3.05, 3.63) is 42.0 Å². The van der Waals surface area contributed by atoms with Crippen LogP contribution in [-0.4, -0.2) is 46.4 Å². The summed E-state index contributed by atoms with van der Waals surface area (Å²) in [5, 5.41) is 0.797. The summed E-state index contributed by atoms with van der Waals surface area (Å²) < 4.78 is 5.44. The van der Waals surface area contributed by atoms with Gasteiger partial charge in [0, 0.05) is 60.4 Å². The van der Waals surface area contributed by atoms with Crippen molar-refractivity contribution in [2.75, 3.05) is 24.7 Å². The Kier molecular flexibility index (Phi) is 4.39. The largest absolute Gasteiger partial charge is 0.381 e. The third-order valence-electron chi connectivity index (χ3n) is 5.88. The number of carbonyl (C=O) groups excluding carboxylic acids is 2. The molecule has 2 aliphatic rings. The number of Topliss-reactive ketones (excluding diaryl/α,β-unsaturated/α-hetero) is 1. The zero-order valence-corrected chi connectivity index (χ0v) is 16.3. The molecule has 0 aliphatic carbocycles. The first-order chi connectivity index (χ1) is 14.1. The summed E-state index contributed by atoms with van der Waals surface area (Å²) in [4.78, 5) is 38.4. The lowest BCUT2D eigenvalue weighted by molar-refractivity contribution is -0.117. The Bertz CT molecular complexity index is 1110. The van der Waals surface area contributed by atoms with E-state index in [0.717, 1.165) is 53.9 Å². The van der Waals surface area contributed by atoms with Crippen molar-refractivity contribution in [3.63, 3.8) is 0 Å². The molecule has 1 N–H and O–H groups in total. The predicted molar refractivity (Wildman–Crippen MR) is 109 cm³/mol. The molecule has 7 nitrogen and oxygen atoms in total. The van der Waals surface area contributed by atoms with Gasteiger partial charge < -0.3 is 14.6 Å². The highest BCUT2D eigenvalue weighted by molar-refractivity contribution is 6.07. The lowest BCUT2D eigenvalue weighted by Gasteiger charge is -2.27. The van der Waals surface area contributed by atoms with Crippen LogP contribution in [0.2, 0.25) is 0 Å². The van der Waals surface area contributed by atoms with Gasteiger partial charge in [-0.2, -0.15) is 0 Å². The Hall–Kier alpha value is -3.06. The van der Waals surface area contributed by atoms with Gasteiger partial charge in [-0.1, -0.05) is 0 Å². The van der Waals surface area contributed by atoms with Crippen LogP contribution in [0.1, 0.15) is 35.8 Å². The van der Waals surface area contributed by atoms with E-state index in [-0.39, 0.29) is 11.7 Å². The van der Waals surface area contributed by atoms with Crippen LogP contribution in [0.5, 0.6) is 0 Å². The molecule has 7 heteroatoms. The molecule has 0 saturated carbocycles. The minimum Gasteiger partial charge on any atom is -0.381 e. The van der Waals surface area contributed by atoms with Gasteiger partial charge in [-0.3, -0.25) is 14.6 Å². The minimum absolute atomic E-state index is 0.00416. The summed E-state index contributed by atoms with van der Waals surface area (Å²) in [6.07, 6.45) is 7.56. The topological polar surface area (TPSA) is 88.2 Å². The van der Waals surface area contributed by atoms with E-state index >= 15 is 0 Å². The predicted octanol–water partition coefficient (Wildman–Crippen LogP) is 3.14. The Morgan fingerprint density at radius 2 is 1.97 bits per heavy atom. The van der Waals surface area contributed by atoms with Gasteiger partial charge in [-0.15, -0.1) is 0 Å². The maximum Gasteiger partial charge on any atom is 0.233 e. The maximum atomic E-state index is 12.6. The number of fused-ring (bicyclic) bond motifs is 2. The molecule has 0 spiro atoms. The highest BCUT2D eigenvalue weighted by Gasteiger charge is 2.31. The quantitative estimate of drug-likeness (QED) is 0.692. The van der Waals surface area contributed by atoms with E-state index in [4.69, 9.17) is 4.74 Å². The van der Waals surface area contributed by atoms with E-state index < -0.39 is 0 Å². The van der Waals surface area contributed by atoms with Crippen molar-refractivity contribution >= 4 is 28.4 Å². The molecule has 0 unspecified atom stereocenters. The summed E-state index contributed by atoms with van der Waals surface area (Å²) in [5.74, 6) is 0.558. The smallest absolute Gasteiger partial charge is 0.233 e. The Morgan fingerprint density at radius 1 is 1.21 bits per heavy atom. The number of amides is 1. The number of carbonyl (C=O) groups is 2. The molecule has 5 heterocycles. The van der Waals surface area contributed by atoms with Crippen molar-refractivity contribution in [1.82, 2.24) is 15.0 Å². The van der Waals surface area contributed by atoms with Crippen LogP contribution in [0.15, 0.2) is 30.7 Å². The van der Waals surface area contributed by atoms with Gasteiger partial charge in [-0.25, -0.2) is 4.98 Å². The van der Waals surface area contributed by atoms with Crippen LogP contribution in [0.25, 0.3) is 22.2 Å². The fourth-order valence-corrected chi connectivity index (χ4v) is 4.22. The van der Waals surface area contributed by atoms with Crippen LogP contribution in [0.3, 0.4) is 0 Å². The molecule has 0 aromatic carbocycles. The zero-order chi connectivity index (χ0) is 20.0. The number of hydrogen-bond donors (Lipinski definition) is 1. The first-order valence-corrected chi connectivity index (χ1v) is 9.95. The van der Waals surface area contributed by atoms with Gasteiger partial charge in [-0.05, 0) is 37.8 Å². The molecule has 0 bridgehead atoms. The van der Waals surface area contributed by atoms with E-state index in [1.54, 1.807) is 25.5 Å². The number of rotatable bonds is 4. The van der Waals surface area contributed by atoms with Crippen LogP contribution in [0, 0.1) is 5.92 Å². The number of aromatic amines is 1. The Morgan fingerprint density at radius 3 is 2.76 bits per heavy atom. The van der Waals surface area contributed by atoms with Crippen LogP contribution >= 0.6 is 0 Å². The van der Waals surface area contributed by atoms with Crippen molar-refractivity contribution in [2.45, 2.75) is 26.2 Å². The summed E-state index contributed by atoms with van der Waals surface area (Å²) in [6, 6.07) is 3.98. The van der Waals surface area contributed by atoms with Crippen LogP contribution in [-0.2, 0) is 16.0 Å². The average molecular weight is 390 g/mol. The molecule has 148 valence electrons. The first-order valence-electron chi connectivity index (χ1n) is 9.95. The standard InChI is InChI=1S/C22H22N4O3/c1-13(27)18-11-25-22-17(18)6-15(10-24-22)16-7-20-19(23-9-16)8-21(28)26(20)12-14-2-4-29-5-3-14/h6-7,9-11,14H,2-5,8,12H2,1H3,(H,24,25). The van der Waals surface area contributed by atoms with Crippen LogP contribution in [0.4, 0.5) is 5.69 Å². The SMILES string of the molecule is CC(=O)c1c[nH]c2ncc(-c3cnc4c(c3)N(CC3CCOCC3)C(=O)C4)cc12. The number of pyridine rings is 2. The van der Waals surface area contributed by atoms with Gasteiger partial charge >= 0.3 is 0 Å². The second kappa shape index (κ2) is 7.08. The van der Waals surface area contributed by atoms with Crippen LogP contribution < -0.4 is 4.90 Å². The molecule has 0 radical (unpaired) electrons. The molecule has 5 rings (SSSR count). The number of hydrogen-bond acceptors (Lipinski definition) is 5. The first kappa shape index (κ1) is 18.0. The van der Waals surface area contributed by atoms with Gasteiger partial charge in [0.15, 0.2) is 5.78 Å². The summed E-state index contributed by atoms with van der Waals surface area (Å²) >= 11 is 0. The molecule has 3 aromatic heterocycles. The Labute approximate surface area is 168 Å². The molecule has 1 saturated heterocycles. The lowest BCUT2D eigenvalue weighted by Crippen LogP contribution is -2.34. The van der Waals surface area contributed by atoms with Gasteiger partial charge in [0.1, 0.15) is 5.65 Å². The minimum atomic E-state index is -0.00416. The number of ketones is 1. The molecule has 0 atom stereocenters. The molecule has 1 fully saturated rings. The monoisotopic (exact) mass is 390 g/mol. The Balaban J connectivity index is 1.50. The molecular formula is C22H22N4O3. The van der Waals surface area contributed by atoms with E-state index in [2.05, 4.69) is 15.0 Å². The molecule has 3 aromatic rings. The number of ether oxygens (including phenoxy) is 1. The van der Waals surface area contributed by atoms with E-state index in [1.807, 2.05) is 17.0 Å². The summed E-state index contributed by atoms with van der Waals surface area (Å²) in [5.41, 5.74) is 4.79. The lowest BCUT2D eigenvalue weighted by atomic mass is 9.99. The number of H-pyrrole nitrogens is 1. The molecule has 2 aliphatic heterocycles.